The number of terminal acetylenes is 1. The summed E-state index contributed by atoms with van der Waals surface area (Å²) < 4.78 is 2.85. The summed E-state index contributed by atoms with van der Waals surface area (Å²) in [6.07, 6.45) is 7.04. The summed E-state index contributed by atoms with van der Waals surface area (Å²) in [7, 11) is 0. The van der Waals surface area contributed by atoms with E-state index < -0.39 is 0 Å². The fraction of sp³-hybridized carbons (Fsp3) is 0.100. The molecule has 0 aliphatic carbocycles. The second-order valence-electron chi connectivity index (χ2n) is 2.68. The van der Waals surface area contributed by atoms with Gasteiger partial charge in [-0.15, -0.1) is 6.42 Å². The summed E-state index contributed by atoms with van der Waals surface area (Å²) in [4.78, 5) is 0. The van der Waals surface area contributed by atoms with Crippen LogP contribution in [0, 0.1) is 12.3 Å². The third kappa shape index (κ3) is 1.34. The number of aromatic nitrogens is 2. The van der Waals surface area contributed by atoms with E-state index in [4.69, 9.17) is 6.42 Å². The van der Waals surface area contributed by atoms with Crippen molar-refractivity contribution >= 4 is 26.8 Å². The molecule has 0 N–H and O–H groups in total. The highest BCUT2D eigenvalue weighted by Crippen LogP contribution is 2.22. The first-order valence-electron chi connectivity index (χ1n) is 3.86. The van der Waals surface area contributed by atoms with E-state index in [1.54, 1.807) is 4.68 Å². The van der Waals surface area contributed by atoms with E-state index in [9.17, 15) is 0 Å². The highest BCUT2D eigenvalue weighted by Gasteiger charge is 2.02. The molecule has 0 saturated heterocycles. The van der Waals surface area contributed by atoms with Crippen molar-refractivity contribution in [1.82, 2.24) is 9.78 Å². The number of nitrogens with zero attached hydrogens (tertiary/aromatic N) is 2. The van der Waals surface area contributed by atoms with Gasteiger partial charge in [0.15, 0.2) is 0 Å². The first-order chi connectivity index (χ1) is 6.33. The van der Waals surface area contributed by atoms with Crippen LogP contribution in [0.1, 0.15) is 0 Å². The topological polar surface area (TPSA) is 17.8 Å². The molecule has 0 fully saturated rings. The number of hydrogen-bond donors (Lipinski definition) is 0. The second kappa shape index (κ2) is 3.23. The van der Waals surface area contributed by atoms with Gasteiger partial charge in [-0.2, -0.15) is 5.10 Å². The molecule has 3 heteroatoms. The molecule has 1 aromatic heterocycles. The Morgan fingerprint density at radius 2 is 2.38 bits per heavy atom. The van der Waals surface area contributed by atoms with E-state index >= 15 is 0 Å². The molecule has 0 radical (unpaired) electrons. The molecule has 0 atom stereocenters. The molecule has 0 bridgehead atoms. The zero-order chi connectivity index (χ0) is 9.26. The third-order valence-electron chi connectivity index (χ3n) is 1.88. The fourth-order valence-corrected chi connectivity index (χ4v) is 1.74. The average molecular weight is 235 g/mol. The van der Waals surface area contributed by atoms with Gasteiger partial charge >= 0.3 is 0 Å². The van der Waals surface area contributed by atoms with Crippen LogP contribution >= 0.6 is 15.9 Å². The van der Waals surface area contributed by atoms with Gasteiger partial charge in [0.2, 0.25) is 0 Å². The van der Waals surface area contributed by atoms with Gasteiger partial charge < -0.3 is 0 Å². The molecule has 0 aliphatic rings. The summed E-state index contributed by atoms with van der Waals surface area (Å²) >= 11 is 3.46. The number of fused-ring (bicyclic) bond motifs is 1. The zero-order valence-corrected chi connectivity index (χ0v) is 8.45. The van der Waals surface area contributed by atoms with Crippen molar-refractivity contribution in [3.63, 3.8) is 0 Å². The van der Waals surface area contributed by atoms with Crippen molar-refractivity contribution in [1.29, 1.82) is 0 Å². The summed E-state index contributed by atoms with van der Waals surface area (Å²) in [5, 5.41) is 5.29. The number of rotatable bonds is 1. The molecule has 1 heterocycles. The van der Waals surface area contributed by atoms with Crippen LogP contribution in [0.25, 0.3) is 10.9 Å². The highest BCUT2D eigenvalue weighted by atomic mass is 79.9. The standard InChI is InChI=1S/C10H7BrN2/c1-2-6-13-10-5-3-4-9(11)8(10)7-12-13/h1,3-5,7H,6H2. The van der Waals surface area contributed by atoms with Crippen molar-refractivity contribution in [3.05, 3.63) is 28.9 Å². The van der Waals surface area contributed by atoms with Gasteiger partial charge in [-0.05, 0) is 12.1 Å². The molecule has 0 aliphatic heterocycles. The predicted octanol–water partition coefficient (Wildman–Crippen LogP) is 2.43. The van der Waals surface area contributed by atoms with Gasteiger partial charge in [-0.1, -0.05) is 27.9 Å². The first kappa shape index (κ1) is 8.33. The molecular formula is C10H7BrN2. The van der Waals surface area contributed by atoms with Gasteiger partial charge in [-0.3, -0.25) is 4.68 Å². The summed E-state index contributed by atoms with van der Waals surface area (Å²) in [6, 6.07) is 5.97. The summed E-state index contributed by atoms with van der Waals surface area (Å²) in [6.45, 7) is 0.514. The smallest absolute Gasteiger partial charge is 0.102 e. The van der Waals surface area contributed by atoms with E-state index in [1.165, 1.54) is 0 Å². The van der Waals surface area contributed by atoms with Gasteiger partial charge in [0.25, 0.3) is 0 Å². The van der Waals surface area contributed by atoms with Crippen LogP contribution in [-0.2, 0) is 6.54 Å². The minimum absolute atomic E-state index is 0.514. The van der Waals surface area contributed by atoms with Gasteiger partial charge in [0.05, 0.1) is 11.7 Å². The highest BCUT2D eigenvalue weighted by molar-refractivity contribution is 9.10. The normalized spacial score (nSPS) is 10.2. The maximum absolute atomic E-state index is 5.23. The molecule has 0 saturated carbocycles. The number of hydrogen-bond acceptors (Lipinski definition) is 1. The van der Waals surface area contributed by atoms with Crippen molar-refractivity contribution in [2.24, 2.45) is 0 Å². The van der Waals surface area contributed by atoms with Crippen molar-refractivity contribution in [2.45, 2.75) is 6.54 Å². The largest absolute Gasteiger partial charge is 0.253 e. The predicted molar refractivity (Wildman–Crippen MR) is 56.3 cm³/mol. The van der Waals surface area contributed by atoms with Crippen LogP contribution in [-0.4, -0.2) is 9.78 Å². The summed E-state index contributed by atoms with van der Waals surface area (Å²) in [5.74, 6) is 2.57. The Kier molecular flexibility index (Phi) is 2.07. The summed E-state index contributed by atoms with van der Waals surface area (Å²) in [5.41, 5.74) is 1.06. The van der Waals surface area contributed by atoms with E-state index in [2.05, 4.69) is 26.9 Å². The Hall–Kier alpha value is -1.27. The first-order valence-corrected chi connectivity index (χ1v) is 4.65. The monoisotopic (exact) mass is 234 g/mol. The van der Waals surface area contributed by atoms with E-state index in [0.29, 0.717) is 6.54 Å². The lowest BCUT2D eigenvalue weighted by atomic mass is 10.2. The molecule has 0 amide bonds. The SMILES string of the molecule is C#CCn1ncc2c(Br)cccc21. The molecule has 1 aromatic carbocycles. The molecule has 64 valence electrons. The molecule has 13 heavy (non-hydrogen) atoms. The third-order valence-corrected chi connectivity index (χ3v) is 2.57. The van der Waals surface area contributed by atoms with Crippen LogP contribution in [0.2, 0.25) is 0 Å². The fourth-order valence-electron chi connectivity index (χ4n) is 1.28. The lowest BCUT2D eigenvalue weighted by Crippen LogP contribution is -1.96. The van der Waals surface area contributed by atoms with E-state index in [-0.39, 0.29) is 0 Å². The molecular weight excluding hydrogens is 228 g/mol. The minimum atomic E-state index is 0.514. The van der Waals surface area contributed by atoms with Crippen LogP contribution in [0.3, 0.4) is 0 Å². The van der Waals surface area contributed by atoms with Gasteiger partial charge in [-0.25, -0.2) is 0 Å². The van der Waals surface area contributed by atoms with Crippen molar-refractivity contribution in [2.75, 3.05) is 0 Å². The molecule has 0 unspecified atom stereocenters. The lowest BCUT2D eigenvalue weighted by Gasteiger charge is -1.97. The van der Waals surface area contributed by atoms with Crippen molar-refractivity contribution < 1.29 is 0 Å². The van der Waals surface area contributed by atoms with Crippen LogP contribution in [0.15, 0.2) is 28.9 Å². The molecule has 2 rings (SSSR count). The van der Waals surface area contributed by atoms with E-state index in [0.717, 1.165) is 15.4 Å². The quantitative estimate of drug-likeness (QED) is 0.694. The Morgan fingerprint density at radius 3 is 3.15 bits per heavy atom. The zero-order valence-electron chi connectivity index (χ0n) is 6.87. The Bertz CT molecular complexity index is 479. The molecule has 2 nitrogen and oxygen atoms in total. The van der Waals surface area contributed by atoms with Gasteiger partial charge in [0.1, 0.15) is 6.54 Å². The lowest BCUT2D eigenvalue weighted by molar-refractivity contribution is 0.743. The van der Waals surface area contributed by atoms with E-state index in [1.807, 2.05) is 24.4 Å². The Labute approximate surface area is 84.7 Å². The Balaban J connectivity index is 2.70. The maximum atomic E-state index is 5.23. The minimum Gasteiger partial charge on any atom is -0.253 e. The molecule has 0 spiro atoms. The van der Waals surface area contributed by atoms with Gasteiger partial charge in [0, 0.05) is 9.86 Å². The van der Waals surface area contributed by atoms with Crippen LogP contribution in [0.5, 0.6) is 0 Å². The number of benzene rings is 1. The van der Waals surface area contributed by atoms with Crippen LogP contribution in [0.4, 0.5) is 0 Å². The van der Waals surface area contributed by atoms with Crippen LogP contribution < -0.4 is 0 Å². The van der Waals surface area contributed by atoms with Crippen molar-refractivity contribution in [3.8, 4) is 12.3 Å². The Morgan fingerprint density at radius 1 is 1.54 bits per heavy atom. The molecule has 2 aromatic rings. The number of halogens is 1. The average Bonchev–Trinajstić information content (AvgIpc) is 2.51. The maximum Gasteiger partial charge on any atom is 0.102 e. The second-order valence-corrected chi connectivity index (χ2v) is 3.53.